The first-order valence-corrected chi connectivity index (χ1v) is 6.40. The number of rotatable bonds is 3. The number of nitrogens with zero attached hydrogens (tertiary/aromatic N) is 2. The minimum absolute atomic E-state index is 0.0207. The molecule has 4 N–H and O–H groups in total. The summed E-state index contributed by atoms with van der Waals surface area (Å²) in [5, 5.41) is 0. The summed E-state index contributed by atoms with van der Waals surface area (Å²) in [6.07, 6.45) is 3.39. The van der Waals surface area contributed by atoms with E-state index in [9.17, 15) is 0 Å². The number of nitrogen functional groups attached to an aromatic ring is 1. The number of hydrogen-bond donors (Lipinski definition) is 2. The summed E-state index contributed by atoms with van der Waals surface area (Å²) in [5.41, 5.74) is 13.7. The van der Waals surface area contributed by atoms with Gasteiger partial charge in [0.25, 0.3) is 0 Å². The summed E-state index contributed by atoms with van der Waals surface area (Å²) in [5.74, 6) is 0. The third kappa shape index (κ3) is 2.80. The molecule has 0 spiro atoms. The van der Waals surface area contributed by atoms with Crippen LogP contribution in [0.25, 0.3) is 0 Å². The highest BCUT2D eigenvalue weighted by Crippen LogP contribution is 2.24. The van der Waals surface area contributed by atoms with E-state index in [0.717, 1.165) is 25.3 Å². The second-order valence-electron chi connectivity index (χ2n) is 5.03. The second kappa shape index (κ2) is 5.65. The molecule has 2 heterocycles. The van der Waals surface area contributed by atoms with Crippen molar-refractivity contribution in [1.29, 1.82) is 0 Å². The third-order valence-electron chi connectivity index (χ3n) is 3.50. The minimum Gasteiger partial charge on any atom is -0.398 e. The van der Waals surface area contributed by atoms with Gasteiger partial charge in [-0.3, -0.25) is 9.88 Å². The molecule has 1 aromatic heterocycles. The summed E-state index contributed by atoms with van der Waals surface area (Å²) < 4.78 is 5.78. The predicted octanol–water partition coefficient (Wildman–Crippen LogP) is 0.773. The van der Waals surface area contributed by atoms with Crippen LogP contribution >= 0.6 is 0 Å². The quantitative estimate of drug-likeness (QED) is 0.828. The number of pyridine rings is 1. The highest BCUT2D eigenvalue weighted by molar-refractivity contribution is 5.46. The van der Waals surface area contributed by atoms with Gasteiger partial charge in [0, 0.05) is 42.8 Å². The molecule has 18 heavy (non-hydrogen) atoms. The van der Waals surface area contributed by atoms with E-state index in [2.05, 4.69) is 23.7 Å². The number of ether oxygens (including phenoxy) is 1. The minimum atomic E-state index is -0.222. The maximum Gasteiger partial charge on any atom is 0.0896 e. The van der Waals surface area contributed by atoms with E-state index in [0.29, 0.717) is 11.7 Å². The van der Waals surface area contributed by atoms with Crippen molar-refractivity contribution in [3.05, 3.63) is 24.0 Å². The van der Waals surface area contributed by atoms with Crippen LogP contribution in [-0.2, 0) is 4.74 Å². The molecule has 5 heteroatoms. The molecule has 0 saturated carbocycles. The molecule has 0 aromatic carbocycles. The van der Waals surface area contributed by atoms with Crippen LogP contribution in [0.2, 0.25) is 0 Å². The van der Waals surface area contributed by atoms with E-state index in [4.69, 9.17) is 16.2 Å². The topological polar surface area (TPSA) is 77.4 Å². The SMILES string of the molecule is CC(C)N1CCOC(C(N)c2cnccc2N)C1. The molecule has 100 valence electrons. The van der Waals surface area contributed by atoms with Crippen LogP contribution in [0.1, 0.15) is 25.5 Å². The van der Waals surface area contributed by atoms with E-state index >= 15 is 0 Å². The Hall–Kier alpha value is -1.17. The Morgan fingerprint density at radius 1 is 1.50 bits per heavy atom. The number of hydrogen-bond acceptors (Lipinski definition) is 5. The molecule has 1 aromatic rings. The zero-order valence-electron chi connectivity index (χ0n) is 11.0. The summed E-state index contributed by atoms with van der Waals surface area (Å²) in [6.45, 7) is 6.89. The molecule has 0 amide bonds. The van der Waals surface area contributed by atoms with Crippen molar-refractivity contribution in [2.75, 3.05) is 25.4 Å². The van der Waals surface area contributed by atoms with Gasteiger partial charge in [0.05, 0.1) is 18.8 Å². The van der Waals surface area contributed by atoms with E-state index < -0.39 is 0 Å². The van der Waals surface area contributed by atoms with Crippen LogP contribution in [0.4, 0.5) is 5.69 Å². The number of nitrogens with two attached hydrogens (primary N) is 2. The molecule has 0 radical (unpaired) electrons. The van der Waals surface area contributed by atoms with Crippen molar-refractivity contribution in [3.63, 3.8) is 0 Å². The predicted molar refractivity (Wildman–Crippen MR) is 72.0 cm³/mol. The zero-order valence-corrected chi connectivity index (χ0v) is 11.0. The van der Waals surface area contributed by atoms with Crippen molar-refractivity contribution >= 4 is 5.69 Å². The first-order valence-electron chi connectivity index (χ1n) is 6.40. The van der Waals surface area contributed by atoms with Crippen LogP contribution in [-0.4, -0.2) is 41.7 Å². The summed E-state index contributed by atoms with van der Waals surface area (Å²) in [7, 11) is 0. The highest BCUT2D eigenvalue weighted by atomic mass is 16.5. The van der Waals surface area contributed by atoms with Crippen LogP contribution in [0.3, 0.4) is 0 Å². The van der Waals surface area contributed by atoms with Gasteiger partial charge in [-0.2, -0.15) is 0 Å². The molecule has 1 aliphatic rings. The maximum absolute atomic E-state index is 6.26. The van der Waals surface area contributed by atoms with Gasteiger partial charge >= 0.3 is 0 Å². The van der Waals surface area contributed by atoms with Crippen molar-refractivity contribution in [1.82, 2.24) is 9.88 Å². The smallest absolute Gasteiger partial charge is 0.0896 e. The Balaban J connectivity index is 2.09. The fraction of sp³-hybridized carbons (Fsp3) is 0.615. The van der Waals surface area contributed by atoms with Gasteiger partial charge in [0.1, 0.15) is 0 Å². The molecule has 5 nitrogen and oxygen atoms in total. The molecular formula is C13H22N4O. The molecule has 2 unspecified atom stereocenters. The van der Waals surface area contributed by atoms with E-state index in [1.807, 2.05) is 0 Å². The maximum atomic E-state index is 6.26. The number of anilines is 1. The lowest BCUT2D eigenvalue weighted by atomic mass is 10.0. The van der Waals surface area contributed by atoms with Crippen LogP contribution in [0.5, 0.6) is 0 Å². The average molecular weight is 250 g/mol. The molecule has 0 aliphatic carbocycles. The Morgan fingerprint density at radius 3 is 2.94 bits per heavy atom. The second-order valence-corrected chi connectivity index (χ2v) is 5.03. The lowest BCUT2D eigenvalue weighted by molar-refractivity contribution is -0.0502. The first kappa shape index (κ1) is 13.3. The summed E-state index contributed by atoms with van der Waals surface area (Å²) in [4.78, 5) is 6.46. The van der Waals surface area contributed by atoms with Gasteiger partial charge in [-0.1, -0.05) is 0 Å². The van der Waals surface area contributed by atoms with Gasteiger partial charge in [0.15, 0.2) is 0 Å². The molecular weight excluding hydrogens is 228 g/mol. The van der Waals surface area contributed by atoms with Crippen LogP contribution in [0.15, 0.2) is 18.5 Å². The van der Waals surface area contributed by atoms with Crippen LogP contribution in [0, 0.1) is 0 Å². The Bertz CT molecular complexity index is 396. The summed E-state index contributed by atoms with van der Waals surface area (Å²) >= 11 is 0. The van der Waals surface area contributed by atoms with E-state index in [-0.39, 0.29) is 12.1 Å². The number of morpholine rings is 1. The zero-order chi connectivity index (χ0) is 13.1. The Kier molecular flexibility index (Phi) is 4.16. The standard InChI is InChI=1S/C13H22N4O/c1-9(2)17-5-6-18-12(8-17)13(15)10-7-16-4-3-11(10)14/h3-4,7,9,12-13H,5-6,8,15H2,1-2H3,(H2,14,16). The lowest BCUT2D eigenvalue weighted by Gasteiger charge is -2.38. The Labute approximate surface area is 108 Å². The molecule has 1 fully saturated rings. The van der Waals surface area contributed by atoms with E-state index in [1.165, 1.54) is 0 Å². The lowest BCUT2D eigenvalue weighted by Crippen LogP contribution is -2.49. The average Bonchev–Trinajstić information content (AvgIpc) is 2.38. The van der Waals surface area contributed by atoms with Crippen LogP contribution < -0.4 is 11.5 Å². The fourth-order valence-corrected chi connectivity index (χ4v) is 2.28. The van der Waals surface area contributed by atoms with Gasteiger partial charge in [0.2, 0.25) is 0 Å². The van der Waals surface area contributed by atoms with Crippen molar-refractivity contribution in [3.8, 4) is 0 Å². The normalized spacial score (nSPS) is 23.2. The van der Waals surface area contributed by atoms with Crippen molar-refractivity contribution < 1.29 is 4.74 Å². The largest absolute Gasteiger partial charge is 0.398 e. The van der Waals surface area contributed by atoms with Gasteiger partial charge in [-0.15, -0.1) is 0 Å². The van der Waals surface area contributed by atoms with Crippen molar-refractivity contribution in [2.24, 2.45) is 5.73 Å². The van der Waals surface area contributed by atoms with Gasteiger partial charge in [-0.25, -0.2) is 0 Å². The van der Waals surface area contributed by atoms with Gasteiger partial charge in [-0.05, 0) is 19.9 Å². The van der Waals surface area contributed by atoms with Gasteiger partial charge < -0.3 is 16.2 Å². The molecule has 2 atom stereocenters. The third-order valence-corrected chi connectivity index (χ3v) is 3.50. The molecule has 0 bridgehead atoms. The highest BCUT2D eigenvalue weighted by Gasteiger charge is 2.28. The summed E-state index contributed by atoms with van der Waals surface area (Å²) in [6, 6.07) is 2.06. The Morgan fingerprint density at radius 2 is 2.28 bits per heavy atom. The fourth-order valence-electron chi connectivity index (χ4n) is 2.28. The molecule has 1 saturated heterocycles. The number of aromatic nitrogens is 1. The van der Waals surface area contributed by atoms with E-state index in [1.54, 1.807) is 18.5 Å². The van der Waals surface area contributed by atoms with Crippen molar-refractivity contribution in [2.45, 2.75) is 32.0 Å². The molecule has 2 rings (SSSR count). The monoisotopic (exact) mass is 250 g/mol. The molecule has 1 aliphatic heterocycles. The first-order chi connectivity index (χ1) is 8.59.